The van der Waals surface area contributed by atoms with E-state index >= 15 is 0 Å². The molecule has 2 unspecified atom stereocenters. The zero-order chi connectivity index (χ0) is 11.6. The third-order valence-electron chi connectivity index (χ3n) is 3.47. The molecule has 0 aromatic heterocycles. The molecule has 1 aromatic rings. The minimum atomic E-state index is -0.960. The summed E-state index contributed by atoms with van der Waals surface area (Å²) in [7, 11) is 0. The largest absolute Gasteiger partial charge is 0.385 e. The Hall–Kier alpha value is -0.930. The van der Waals surface area contributed by atoms with Crippen molar-refractivity contribution in [2.75, 3.05) is 13.2 Å². The molecule has 0 aliphatic carbocycles. The summed E-state index contributed by atoms with van der Waals surface area (Å²) in [6, 6.07) is 6.23. The van der Waals surface area contributed by atoms with Gasteiger partial charge in [0.15, 0.2) is 0 Å². The number of benzene rings is 1. The van der Waals surface area contributed by atoms with Crippen LogP contribution in [0.25, 0.3) is 0 Å². The number of halogens is 1. The van der Waals surface area contributed by atoms with Gasteiger partial charge in [-0.05, 0) is 30.5 Å². The lowest BCUT2D eigenvalue weighted by atomic mass is 9.79. The van der Waals surface area contributed by atoms with E-state index in [1.807, 2.05) is 6.92 Å². The standard InChI is InChI=1S/C13H17FO2/c1-2-13(15,11-6-7-16-9-11)10-4-3-5-12(14)8-10/h3-5,8,11,15H,2,6-7,9H2,1H3. The van der Waals surface area contributed by atoms with E-state index in [4.69, 9.17) is 4.74 Å². The lowest BCUT2D eigenvalue weighted by molar-refractivity contribution is -0.0309. The molecule has 1 N–H and O–H groups in total. The van der Waals surface area contributed by atoms with Gasteiger partial charge in [0.1, 0.15) is 5.82 Å². The molecule has 3 heteroatoms. The summed E-state index contributed by atoms with van der Waals surface area (Å²) in [4.78, 5) is 0. The maximum absolute atomic E-state index is 13.2. The molecule has 1 aliphatic heterocycles. The van der Waals surface area contributed by atoms with Crippen LogP contribution in [-0.2, 0) is 10.3 Å². The van der Waals surface area contributed by atoms with Gasteiger partial charge >= 0.3 is 0 Å². The maximum atomic E-state index is 13.2. The fourth-order valence-electron chi connectivity index (χ4n) is 2.40. The van der Waals surface area contributed by atoms with Crippen molar-refractivity contribution in [3.8, 4) is 0 Å². The van der Waals surface area contributed by atoms with Gasteiger partial charge in [-0.1, -0.05) is 19.1 Å². The van der Waals surface area contributed by atoms with Crippen LogP contribution >= 0.6 is 0 Å². The van der Waals surface area contributed by atoms with E-state index in [0.29, 0.717) is 25.2 Å². The van der Waals surface area contributed by atoms with E-state index in [-0.39, 0.29) is 11.7 Å². The van der Waals surface area contributed by atoms with E-state index in [1.54, 1.807) is 12.1 Å². The highest BCUT2D eigenvalue weighted by Gasteiger charge is 2.39. The molecule has 1 aliphatic rings. The van der Waals surface area contributed by atoms with Crippen molar-refractivity contribution in [1.29, 1.82) is 0 Å². The fraction of sp³-hybridized carbons (Fsp3) is 0.538. The van der Waals surface area contributed by atoms with Crippen LogP contribution in [0, 0.1) is 11.7 Å². The van der Waals surface area contributed by atoms with Gasteiger partial charge in [0.25, 0.3) is 0 Å². The van der Waals surface area contributed by atoms with E-state index in [1.165, 1.54) is 12.1 Å². The van der Waals surface area contributed by atoms with Gasteiger partial charge in [0.2, 0.25) is 0 Å². The van der Waals surface area contributed by atoms with E-state index in [0.717, 1.165) is 6.42 Å². The number of rotatable bonds is 3. The molecule has 2 nitrogen and oxygen atoms in total. The molecule has 2 rings (SSSR count). The molecule has 0 bridgehead atoms. The summed E-state index contributed by atoms with van der Waals surface area (Å²) in [5.41, 5.74) is -0.302. The minimum absolute atomic E-state index is 0.0688. The zero-order valence-electron chi connectivity index (χ0n) is 9.45. The molecule has 88 valence electrons. The van der Waals surface area contributed by atoms with Crippen LogP contribution in [0.5, 0.6) is 0 Å². The Labute approximate surface area is 95.1 Å². The molecule has 1 saturated heterocycles. The summed E-state index contributed by atoms with van der Waals surface area (Å²) >= 11 is 0. The Morgan fingerprint density at radius 3 is 2.94 bits per heavy atom. The Morgan fingerprint density at radius 2 is 2.38 bits per heavy atom. The Morgan fingerprint density at radius 1 is 1.56 bits per heavy atom. The predicted molar refractivity (Wildman–Crippen MR) is 59.5 cm³/mol. The van der Waals surface area contributed by atoms with Crippen molar-refractivity contribution >= 4 is 0 Å². The zero-order valence-corrected chi connectivity index (χ0v) is 9.45. The number of hydrogen-bond acceptors (Lipinski definition) is 2. The second-order valence-electron chi connectivity index (χ2n) is 4.35. The first kappa shape index (κ1) is 11.6. The van der Waals surface area contributed by atoms with E-state index in [2.05, 4.69) is 0 Å². The summed E-state index contributed by atoms with van der Waals surface area (Å²) in [5.74, 6) is -0.234. The topological polar surface area (TPSA) is 29.5 Å². The van der Waals surface area contributed by atoms with Crippen molar-refractivity contribution in [2.24, 2.45) is 5.92 Å². The summed E-state index contributed by atoms with van der Waals surface area (Å²) in [5, 5.41) is 10.7. The fourth-order valence-corrected chi connectivity index (χ4v) is 2.40. The smallest absolute Gasteiger partial charge is 0.123 e. The van der Waals surface area contributed by atoms with Gasteiger partial charge in [-0.2, -0.15) is 0 Å². The van der Waals surface area contributed by atoms with Crippen molar-refractivity contribution < 1.29 is 14.2 Å². The van der Waals surface area contributed by atoms with Crippen molar-refractivity contribution in [3.63, 3.8) is 0 Å². The van der Waals surface area contributed by atoms with Crippen LogP contribution in [0.2, 0.25) is 0 Å². The molecular formula is C13H17FO2. The predicted octanol–water partition coefficient (Wildman–Crippen LogP) is 2.46. The molecule has 1 aromatic carbocycles. The van der Waals surface area contributed by atoms with Gasteiger partial charge in [-0.3, -0.25) is 0 Å². The highest BCUT2D eigenvalue weighted by atomic mass is 19.1. The molecule has 1 fully saturated rings. The lowest BCUT2D eigenvalue weighted by Gasteiger charge is -2.32. The van der Waals surface area contributed by atoms with Crippen LogP contribution in [0.3, 0.4) is 0 Å². The van der Waals surface area contributed by atoms with Crippen molar-refractivity contribution in [3.05, 3.63) is 35.6 Å². The number of hydrogen-bond donors (Lipinski definition) is 1. The molecule has 0 saturated carbocycles. The lowest BCUT2D eigenvalue weighted by Crippen LogP contribution is -2.35. The Kier molecular flexibility index (Phi) is 3.26. The van der Waals surface area contributed by atoms with Crippen molar-refractivity contribution in [1.82, 2.24) is 0 Å². The first-order valence-corrected chi connectivity index (χ1v) is 5.73. The number of ether oxygens (including phenoxy) is 1. The normalized spacial score (nSPS) is 24.3. The highest BCUT2D eigenvalue weighted by Crippen LogP contribution is 2.37. The van der Waals surface area contributed by atoms with Crippen LogP contribution in [-0.4, -0.2) is 18.3 Å². The van der Waals surface area contributed by atoms with Crippen LogP contribution < -0.4 is 0 Å². The quantitative estimate of drug-likeness (QED) is 0.854. The molecule has 16 heavy (non-hydrogen) atoms. The van der Waals surface area contributed by atoms with Gasteiger partial charge in [-0.25, -0.2) is 4.39 Å². The van der Waals surface area contributed by atoms with Crippen LogP contribution in [0.15, 0.2) is 24.3 Å². The van der Waals surface area contributed by atoms with Gasteiger partial charge in [0, 0.05) is 12.5 Å². The molecular weight excluding hydrogens is 207 g/mol. The van der Waals surface area contributed by atoms with Crippen molar-refractivity contribution in [2.45, 2.75) is 25.4 Å². The first-order valence-electron chi connectivity index (χ1n) is 5.73. The van der Waals surface area contributed by atoms with Crippen LogP contribution in [0.4, 0.5) is 4.39 Å². The maximum Gasteiger partial charge on any atom is 0.123 e. The van der Waals surface area contributed by atoms with Gasteiger partial charge in [-0.15, -0.1) is 0 Å². The Bertz CT molecular complexity index is 361. The van der Waals surface area contributed by atoms with Crippen LogP contribution in [0.1, 0.15) is 25.3 Å². The van der Waals surface area contributed by atoms with Gasteiger partial charge in [0.05, 0.1) is 12.2 Å². The monoisotopic (exact) mass is 224 g/mol. The third kappa shape index (κ3) is 1.97. The molecule has 0 radical (unpaired) electrons. The average molecular weight is 224 g/mol. The third-order valence-corrected chi connectivity index (χ3v) is 3.47. The molecule has 2 atom stereocenters. The number of aliphatic hydroxyl groups is 1. The second kappa shape index (κ2) is 4.52. The summed E-state index contributed by atoms with van der Waals surface area (Å²) in [6.45, 7) is 3.16. The Balaban J connectivity index is 2.32. The van der Waals surface area contributed by atoms with E-state index < -0.39 is 5.60 Å². The second-order valence-corrected chi connectivity index (χ2v) is 4.35. The summed E-state index contributed by atoms with van der Waals surface area (Å²) < 4.78 is 18.5. The molecule has 1 heterocycles. The van der Waals surface area contributed by atoms with E-state index in [9.17, 15) is 9.50 Å². The first-order chi connectivity index (χ1) is 7.66. The minimum Gasteiger partial charge on any atom is -0.385 e. The van der Waals surface area contributed by atoms with Gasteiger partial charge < -0.3 is 9.84 Å². The molecule has 0 spiro atoms. The SMILES string of the molecule is CCC(O)(c1cccc(F)c1)C1CCOC1. The average Bonchev–Trinajstić information content (AvgIpc) is 2.82. The summed E-state index contributed by atoms with van der Waals surface area (Å²) in [6.07, 6.45) is 1.41. The highest BCUT2D eigenvalue weighted by molar-refractivity contribution is 5.24. The molecule has 0 amide bonds.